The van der Waals surface area contributed by atoms with Gasteiger partial charge in [-0.3, -0.25) is 4.90 Å². The van der Waals surface area contributed by atoms with E-state index in [1.807, 2.05) is 18.2 Å². The van der Waals surface area contributed by atoms with Crippen LogP contribution in [-0.4, -0.2) is 33.7 Å². The van der Waals surface area contributed by atoms with Gasteiger partial charge in [0.25, 0.3) is 0 Å². The molecule has 160 valence electrons. The highest BCUT2D eigenvalue weighted by atomic mass is 79.9. The average molecular weight is 503 g/mol. The van der Waals surface area contributed by atoms with Crippen LogP contribution in [0.1, 0.15) is 24.0 Å². The Morgan fingerprint density at radius 3 is 2.50 bits per heavy atom. The fraction of sp³-hybridized carbons (Fsp3) is 0.350. The summed E-state index contributed by atoms with van der Waals surface area (Å²) in [5.74, 6) is 0. The van der Waals surface area contributed by atoms with Gasteiger partial charge in [-0.25, -0.2) is 13.3 Å². The van der Waals surface area contributed by atoms with Crippen molar-refractivity contribution in [1.29, 1.82) is 0 Å². The van der Waals surface area contributed by atoms with Crippen molar-refractivity contribution in [2.24, 2.45) is 0 Å². The number of carbonyl (C=O) groups excluding carboxylic acids is 1. The van der Waals surface area contributed by atoms with Crippen LogP contribution in [0.15, 0.2) is 51.8 Å². The van der Waals surface area contributed by atoms with Crippen LogP contribution in [0, 0.1) is 0 Å². The first-order valence-electron chi connectivity index (χ1n) is 9.33. The van der Waals surface area contributed by atoms with Crippen molar-refractivity contribution in [1.82, 2.24) is 4.31 Å². The van der Waals surface area contributed by atoms with Gasteiger partial charge in [-0.15, -0.1) is 0 Å². The van der Waals surface area contributed by atoms with Gasteiger partial charge in [0.15, 0.2) is 0 Å². The van der Waals surface area contributed by atoms with Crippen LogP contribution < -0.4 is 4.90 Å². The molecule has 2 aromatic carbocycles. The summed E-state index contributed by atoms with van der Waals surface area (Å²) < 4.78 is 60.4. The highest BCUT2D eigenvalue weighted by Crippen LogP contribution is 2.36. The quantitative estimate of drug-likeness (QED) is 0.585. The number of benzene rings is 2. The zero-order chi connectivity index (χ0) is 21.5. The molecule has 1 unspecified atom stereocenters. The zero-order valence-corrected chi connectivity index (χ0v) is 18.1. The van der Waals surface area contributed by atoms with Gasteiger partial charge in [0, 0.05) is 29.2 Å². The van der Waals surface area contributed by atoms with E-state index in [0.29, 0.717) is 25.9 Å². The van der Waals surface area contributed by atoms with Crippen molar-refractivity contribution in [3.05, 3.63) is 58.1 Å². The molecule has 1 fully saturated rings. The molecule has 4 rings (SSSR count). The maximum Gasteiger partial charge on any atom is 0.417 e. The number of rotatable bonds is 3. The molecule has 5 nitrogen and oxygen atoms in total. The highest BCUT2D eigenvalue weighted by Gasteiger charge is 2.38. The van der Waals surface area contributed by atoms with E-state index in [1.54, 1.807) is 4.90 Å². The summed E-state index contributed by atoms with van der Waals surface area (Å²) >= 11 is 3.41. The van der Waals surface area contributed by atoms with E-state index in [-0.39, 0.29) is 17.5 Å². The zero-order valence-electron chi connectivity index (χ0n) is 15.7. The van der Waals surface area contributed by atoms with Crippen LogP contribution in [0.5, 0.6) is 0 Å². The molecular weight excluding hydrogens is 485 g/mol. The summed E-state index contributed by atoms with van der Waals surface area (Å²) in [5.41, 5.74) is 0.773. The first kappa shape index (κ1) is 21.3. The number of carbonyl (C=O) groups is 1. The van der Waals surface area contributed by atoms with E-state index in [9.17, 15) is 22.2 Å². The van der Waals surface area contributed by atoms with Gasteiger partial charge in [0.05, 0.1) is 16.1 Å². The molecule has 0 radical (unpaired) electrons. The number of cyclic esters (lactones) is 1. The van der Waals surface area contributed by atoms with E-state index in [0.717, 1.165) is 21.8 Å². The van der Waals surface area contributed by atoms with Crippen molar-refractivity contribution in [2.75, 3.05) is 18.0 Å². The molecular formula is C20H18BrF3N2O3S. The molecule has 2 aliphatic heterocycles. The molecule has 0 aliphatic carbocycles. The van der Waals surface area contributed by atoms with Crippen LogP contribution in [0.2, 0.25) is 0 Å². The molecule has 0 saturated carbocycles. The standard InChI is InChI=1S/C20H18BrF3N2O3S/c21-14-5-6-17-13(11-14)12-29-19(27)26(17)15-7-9-25(10-8-15)30(28)18-4-2-1-3-16(18)20(22,23)24/h1-6,11,15H,7-10,12H2. The minimum absolute atomic E-state index is 0.177. The fourth-order valence-electron chi connectivity index (χ4n) is 3.82. The lowest BCUT2D eigenvalue weighted by Crippen LogP contribution is -2.49. The molecule has 0 bridgehead atoms. The number of nitrogens with zero attached hydrogens (tertiary/aromatic N) is 2. The van der Waals surface area contributed by atoms with Gasteiger partial charge >= 0.3 is 12.3 Å². The number of anilines is 1. The molecule has 2 heterocycles. The second kappa shape index (κ2) is 8.32. The first-order chi connectivity index (χ1) is 14.3. The van der Waals surface area contributed by atoms with Gasteiger partial charge in [-0.05, 0) is 43.2 Å². The average Bonchev–Trinajstić information content (AvgIpc) is 2.73. The molecule has 30 heavy (non-hydrogen) atoms. The number of alkyl halides is 3. The van der Waals surface area contributed by atoms with Crippen molar-refractivity contribution in [2.45, 2.75) is 36.6 Å². The Labute approximate surface area is 182 Å². The van der Waals surface area contributed by atoms with E-state index in [1.165, 1.54) is 22.5 Å². The minimum atomic E-state index is -4.57. The SMILES string of the molecule is O=C1OCc2cc(Br)ccc2N1C1CCN(S(=O)c2ccccc2C(F)(F)F)CC1. The predicted octanol–water partition coefficient (Wildman–Crippen LogP) is 5.11. The maximum atomic E-state index is 13.3. The number of hydrogen-bond acceptors (Lipinski definition) is 3. The Bertz CT molecular complexity index is 994. The van der Waals surface area contributed by atoms with Gasteiger partial charge in [-0.1, -0.05) is 28.1 Å². The Balaban J connectivity index is 1.50. The first-order valence-corrected chi connectivity index (χ1v) is 11.2. The number of hydrogen-bond donors (Lipinski definition) is 0. The summed E-state index contributed by atoms with van der Waals surface area (Å²) in [6.07, 6.45) is -4.05. The lowest BCUT2D eigenvalue weighted by molar-refractivity contribution is -0.139. The number of halogens is 4. The third-order valence-corrected chi connectivity index (χ3v) is 7.31. The molecule has 10 heteroatoms. The predicted molar refractivity (Wildman–Crippen MR) is 109 cm³/mol. The largest absolute Gasteiger partial charge is 0.444 e. The monoisotopic (exact) mass is 502 g/mol. The highest BCUT2D eigenvalue weighted by molar-refractivity contribution is 9.10. The number of amides is 1. The Morgan fingerprint density at radius 2 is 1.80 bits per heavy atom. The molecule has 0 spiro atoms. The van der Waals surface area contributed by atoms with Crippen molar-refractivity contribution < 1.29 is 26.9 Å². The van der Waals surface area contributed by atoms with Crippen LogP contribution in [0.3, 0.4) is 0 Å². The summed E-state index contributed by atoms with van der Waals surface area (Å²) in [4.78, 5) is 13.8. The summed E-state index contributed by atoms with van der Waals surface area (Å²) in [6, 6.07) is 10.4. The van der Waals surface area contributed by atoms with Gasteiger partial charge in [-0.2, -0.15) is 13.2 Å². The van der Waals surface area contributed by atoms with Crippen molar-refractivity contribution in [3.8, 4) is 0 Å². The van der Waals surface area contributed by atoms with E-state index in [4.69, 9.17) is 4.74 Å². The Morgan fingerprint density at radius 1 is 1.10 bits per heavy atom. The molecule has 0 N–H and O–H groups in total. The van der Waals surface area contributed by atoms with Crippen LogP contribution in [0.25, 0.3) is 0 Å². The second-order valence-electron chi connectivity index (χ2n) is 7.10. The third-order valence-electron chi connectivity index (χ3n) is 5.25. The Hall–Kier alpha value is -1.91. The van der Waals surface area contributed by atoms with Crippen LogP contribution in [0.4, 0.5) is 23.7 Å². The third kappa shape index (κ3) is 4.13. The maximum absolute atomic E-state index is 13.3. The minimum Gasteiger partial charge on any atom is -0.444 e. The smallest absolute Gasteiger partial charge is 0.417 e. The molecule has 1 atom stereocenters. The van der Waals surface area contributed by atoms with Crippen LogP contribution >= 0.6 is 15.9 Å². The number of piperidine rings is 1. The molecule has 0 aromatic heterocycles. The number of fused-ring (bicyclic) bond motifs is 1. The summed E-state index contributed by atoms with van der Waals surface area (Å²) in [5, 5.41) is 0. The summed E-state index contributed by atoms with van der Waals surface area (Å²) in [7, 11) is -1.93. The molecule has 2 aromatic rings. The fourth-order valence-corrected chi connectivity index (χ4v) is 5.61. The second-order valence-corrected chi connectivity index (χ2v) is 9.47. The van der Waals surface area contributed by atoms with E-state index >= 15 is 0 Å². The van der Waals surface area contributed by atoms with Crippen molar-refractivity contribution in [3.63, 3.8) is 0 Å². The van der Waals surface area contributed by atoms with Crippen LogP contribution in [-0.2, 0) is 28.5 Å². The summed E-state index contributed by atoms with van der Waals surface area (Å²) in [6.45, 7) is 0.805. The molecule has 1 amide bonds. The van der Waals surface area contributed by atoms with Gasteiger partial charge in [0.2, 0.25) is 0 Å². The van der Waals surface area contributed by atoms with E-state index in [2.05, 4.69) is 15.9 Å². The number of ether oxygens (including phenoxy) is 1. The molecule has 2 aliphatic rings. The van der Waals surface area contributed by atoms with E-state index < -0.39 is 28.8 Å². The van der Waals surface area contributed by atoms with Gasteiger partial charge < -0.3 is 4.74 Å². The normalized spacial score (nSPS) is 19.3. The Kier molecular flexibility index (Phi) is 5.91. The molecule has 1 saturated heterocycles. The lowest BCUT2D eigenvalue weighted by atomic mass is 10.0. The lowest BCUT2D eigenvalue weighted by Gasteiger charge is -2.39. The van der Waals surface area contributed by atoms with Gasteiger partial charge in [0.1, 0.15) is 17.6 Å². The van der Waals surface area contributed by atoms with Crippen molar-refractivity contribution >= 4 is 38.7 Å². The topological polar surface area (TPSA) is 49.9 Å².